The second kappa shape index (κ2) is 9.14. The fourth-order valence-corrected chi connectivity index (χ4v) is 2.30. The highest BCUT2D eigenvalue weighted by atomic mass is 16.4. The first kappa shape index (κ1) is 16.2. The van der Waals surface area contributed by atoms with E-state index in [-0.39, 0.29) is 5.56 Å². The molecule has 0 bridgehead atoms. The minimum atomic E-state index is -0.982. The topological polar surface area (TPSA) is 61.1 Å². The summed E-state index contributed by atoms with van der Waals surface area (Å²) >= 11 is 0. The molecule has 0 aliphatic carbocycles. The number of aromatic carboxylic acids is 1. The predicted molar refractivity (Wildman–Crippen MR) is 79.8 cm³/mol. The first-order valence-corrected chi connectivity index (χ1v) is 7.45. The van der Waals surface area contributed by atoms with Crippen LogP contribution in [0.3, 0.4) is 0 Å². The number of hydrogen-bond donors (Lipinski definition) is 1. The minimum Gasteiger partial charge on any atom is -0.478 e. The smallest absolute Gasteiger partial charge is 0.335 e. The highest BCUT2D eigenvalue weighted by Crippen LogP contribution is 2.16. The first-order chi connectivity index (χ1) is 9.69. The van der Waals surface area contributed by atoms with Crippen molar-refractivity contribution in [3.8, 4) is 6.07 Å². The van der Waals surface area contributed by atoms with Gasteiger partial charge in [-0.2, -0.15) is 5.26 Å². The van der Waals surface area contributed by atoms with Crippen LogP contribution in [0, 0.1) is 11.3 Å². The number of nitriles is 1. The Balaban J connectivity index is 2.40. The van der Waals surface area contributed by atoms with Crippen LogP contribution >= 0.6 is 0 Å². The number of carboxylic acid groups (broad SMARTS) is 1. The van der Waals surface area contributed by atoms with Crippen molar-refractivity contribution < 1.29 is 9.90 Å². The number of nitrogens with zero attached hydrogens (tertiary/aromatic N) is 1. The Bertz CT molecular complexity index is 474. The second-order valence-corrected chi connectivity index (χ2v) is 5.16. The van der Waals surface area contributed by atoms with Crippen LogP contribution in [-0.4, -0.2) is 11.1 Å². The molecule has 0 fully saturated rings. The third-order valence-electron chi connectivity index (χ3n) is 3.53. The molecule has 0 aromatic heterocycles. The molecule has 0 aliphatic heterocycles. The van der Waals surface area contributed by atoms with Crippen molar-refractivity contribution in [1.29, 1.82) is 5.26 Å². The van der Waals surface area contributed by atoms with Crippen LogP contribution < -0.4 is 0 Å². The molecule has 0 radical (unpaired) electrons. The molecule has 0 saturated heterocycles. The van der Waals surface area contributed by atoms with E-state index in [9.17, 15) is 4.79 Å². The Morgan fingerprint density at radius 3 is 2.40 bits per heavy atom. The maximum absolute atomic E-state index is 10.9. The lowest BCUT2D eigenvalue weighted by Gasteiger charge is -2.05. The lowest BCUT2D eigenvalue weighted by Crippen LogP contribution is -1.99. The van der Waals surface area contributed by atoms with E-state index in [0.29, 0.717) is 5.56 Å². The largest absolute Gasteiger partial charge is 0.478 e. The normalized spacial score (nSPS) is 10.2. The molecular formula is C17H23NO2. The molecule has 3 nitrogen and oxygen atoms in total. The summed E-state index contributed by atoms with van der Waals surface area (Å²) in [5.41, 5.74) is 1.65. The highest BCUT2D eigenvalue weighted by molar-refractivity contribution is 5.88. The van der Waals surface area contributed by atoms with Gasteiger partial charge in [0, 0.05) is 0 Å². The van der Waals surface area contributed by atoms with Crippen molar-refractivity contribution in [1.82, 2.24) is 0 Å². The third kappa shape index (κ3) is 5.44. The van der Waals surface area contributed by atoms with Gasteiger partial charge in [-0.1, -0.05) is 51.5 Å². The van der Waals surface area contributed by atoms with Gasteiger partial charge in [0.1, 0.15) is 0 Å². The number of hydrogen-bond acceptors (Lipinski definition) is 2. The molecule has 0 amide bonds. The van der Waals surface area contributed by atoms with E-state index in [2.05, 4.69) is 13.0 Å². The standard InChI is InChI=1S/C17H23NO2/c1-2-3-4-5-6-7-8-9-14-10-11-15(17(19)20)12-16(14)13-18/h10-12H,2-9H2,1H3,(H,19,20). The molecule has 1 aromatic rings. The van der Waals surface area contributed by atoms with Crippen molar-refractivity contribution in [3.63, 3.8) is 0 Å². The molecule has 20 heavy (non-hydrogen) atoms. The molecule has 0 aliphatic rings. The number of carbonyl (C=O) groups is 1. The Labute approximate surface area is 121 Å². The lowest BCUT2D eigenvalue weighted by atomic mass is 9.99. The molecule has 0 saturated carbocycles. The van der Waals surface area contributed by atoms with E-state index in [4.69, 9.17) is 10.4 Å². The van der Waals surface area contributed by atoms with E-state index in [1.807, 2.05) is 0 Å². The van der Waals surface area contributed by atoms with Crippen LogP contribution in [0.2, 0.25) is 0 Å². The average molecular weight is 273 g/mol. The van der Waals surface area contributed by atoms with Gasteiger partial charge in [-0.3, -0.25) is 0 Å². The van der Waals surface area contributed by atoms with E-state index < -0.39 is 5.97 Å². The first-order valence-electron chi connectivity index (χ1n) is 7.45. The molecule has 1 N–H and O–H groups in total. The van der Waals surface area contributed by atoms with Crippen molar-refractivity contribution in [3.05, 3.63) is 34.9 Å². The summed E-state index contributed by atoms with van der Waals surface area (Å²) in [6, 6.07) is 6.93. The molecule has 3 heteroatoms. The quantitative estimate of drug-likeness (QED) is 0.671. The number of rotatable bonds is 9. The van der Waals surface area contributed by atoms with Gasteiger partial charge in [0.15, 0.2) is 0 Å². The van der Waals surface area contributed by atoms with Crippen molar-refractivity contribution >= 4 is 5.97 Å². The highest BCUT2D eigenvalue weighted by Gasteiger charge is 2.07. The summed E-state index contributed by atoms with van der Waals surface area (Å²) in [7, 11) is 0. The zero-order valence-corrected chi connectivity index (χ0v) is 12.2. The SMILES string of the molecule is CCCCCCCCCc1ccc(C(=O)O)cc1C#N. The number of aryl methyl sites for hydroxylation is 1. The predicted octanol–water partition coefficient (Wildman–Crippen LogP) is 4.55. The van der Waals surface area contributed by atoms with Gasteiger partial charge < -0.3 is 5.11 Å². The molecule has 0 heterocycles. The second-order valence-electron chi connectivity index (χ2n) is 5.16. The van der Waals surface area contributed by atoms with Gasteiger partial charge in [-0.25, -0.2) is 4.79 Å². The Morgan fingerprint density at radius 1 is 1.15 bits per heavy atom. The van der Waals surface area contributed by atoms with Gasteiger partial charge in [-0.15, -0.1) is 0 Å². The van der Waals surface area contributed by atoms with Crippen molar-refractivity contribution in [2.24, 2.45) is 0 Å². The minimum absolute atomic E-state index is 0.185. The number of unbranched alkanes of at least 4 members (excludes halogenated alkanes) is 6. The summed E-state index contributed by atoms with van der Waals surface area (Å²) in [6.07, 6.45) is 9.52. The van der Waals surface area contributed by atoms with Crippen LogP contribution in [0.4, 0.5) is 0 Å². The maximum atomic E-state index is 10.9. The zero-order chi connectivity index (χ0) is 14.8. The Hall–Kier alpha value is -1.82. The van der Waals surface area contributed by atoms with E-state index in [1.54, 1.807) is 12.1 Å². The van der Waals surface area contributed by atoms with Gasteiger partial charge in [-0.05, 0) is 30.5 Å². The van der Waals surface area contributed by atoms with Gasteiger partial charge in [0.2, 0.25) is 0 Å². The molecule has 108 valence electrons. The Morgan fingerprint density at radius 2 is 1.80 bits per heavy atom. The Kier molecular flexibility index (Phi) is 7.42. The summed E-state index contributed by atoms with van der Waals surface area (Å²) in [5.74, 6) is -0.982. The van der Waals surface area contributed by atoms with E-state index in [0.717, 1.165) is 18.4 Å². The van der Waals surface area contributed by atoms with Crippen LogP contribution in [0.25, 0.3) is 0 Å². The van der Waals surface area contributed by atoms with Crippen LogP contribution in [0.5, 0.6) is 0 Å². The third-order valence-corrected chi connectivity index (χ3v) is 3.53. The lowest BCUT2D eigenvalue weighted by molar-refractivity contribution is 0.0697. The van der Waals surface area contributed by atoms with Crippen LogP contribution in [0.15, 0.2) is 18.2 Å². The fourth-order valence-electron chi connectivity index (χ4n) is 2.30. The molecule has 1 rings (SSSR count). The van der Waals surface area contributed by atoms with E-state index in [1.165, 1.54) is 44.6 Å². The maximum Gasteiger partial charge on any atom is 0.335 e. The van der Waals surface area contributed by atoms with Crippen molar-refractivity contribution in [2.75, 3.05) is 0 Å². The van der Waals surface area contributed by atoms with Gasteiger partial charge in [0.25, 0.3) is 0 Å². The molecular weight excluding hydrogens is 250 g/mol. The van der Waals surface area contributed by atoms with Crippen LogP contribution in [-0.2, 0) is 6.42 Å². The average Bonchev–Trinajstić information content (AvgIpc) is 2.46. The van der Waals surface area contributed by atoms with Crippen LogP contribution in [0.1, 0.15) is 73.4 Å². The summed E-state index contributed by atoms with van der Waals surface area (Å²) in [4.78, 5) is 10.9. The summed E-state index contributed by atoms with van der Waals surface area (Å²) < 4.78 is 0. The fraction of sp³-hybridized carbons (Fsp3) is 0.529. The van der Waals surface area contributed by atoms with E-state index >= 15 is 0 Å². The molecule has 0 atom stereocenters. The molecule has 0 unspecified atom stereocenters. The molecule has 1 aromatic carbocycles. The van der Waals surface area contributed by atoms with Gasteiger partial charge in [0.05, 0.1) is 17.2 Å². The van der Waals surface area contributed by atoms with Gasteiger partial charge >= 0.3 is 5.97 Å². The number of carboxylic acids is 1. The summed E-state index contributed by atoms with van der Waals surface area (Å²) in [5, 5.41) is 18.0. The zero-order valence-electron chi connectivity index (χ0n) is 12.2. The molecule has 0 spiro atoms. The number of benzene rings is 1. The van der Waals surface area contributed by atoms with Crippen molar-refractivity contribution in [2.45, 2.75) is 58.3 Å². The summed E-state index contributed by atoms with van der Waals surface area (Å²) in [6.45, 7) is 2.21. The monoisotopic (exact) mass is 273 g/mol.